The number of imidazole rings is 1. The average molecular weight is 267 g/mol. The minimum absolute atomic E-state index is 0.413. The van der Waals surface area contributed by atoms with Crippen molar-refractivity contribution < 1.29 is 13.2 Å². The number of alkyl halides is 3. The van der Waals surface area contributed by atoms with Gasteiger partial charge in [-0.25, -0.2) is 4.98 Å². The van der Waals surface area contributed by atoms with Gasteiger partial charge in [0.2, 0.25) is 0 Å². The molecule has 1 aromatic heterocycles. The van der Waals surface area contributed by atoms with Crippen molar-refractivity contribution in [2.24, 2.45) is 5.92 Å². The number of para-hydroxylation sites is 2. The van der Waals surface area contributed by atoms with Crippen LogP contribution in [0.4, 0.5) is 13.2 Å². The summed E-state index contributed by atoms with van der Waals surface area (Å²) in [6.07, 6.45) is -4.00. The number of aromatic nitrogens is 2. The predicted octanol–water partition coefficient (Wildman–Crippen LogP) is 3.30. The van der Waals surface area contributed by atoms with E-state index in [1.54, 1.807) is 24.3 Å². The summed E-state index contributed by atoms with van der Waals surface area (Å²) in [5.74, 6) is -1.46. The molecule has 0 N–H and O–H groups in total. The van der Waals surface area contributed by atoms with Gasteiger partial charge in [-0.2, -0.15) is 18.4 Å². The zero-order valence-corrected chi connectivity index (χ0v) is 10.3. The topological polar surface area (TPSA) is 41.6 Å². The molecule has 0 radical (unpaired) electrons. The van der Waals surface area contributed by atoms with Crippen molar-refractivity contribution in [2.45, 2.75) is 26.1 Å². The van der Waals surface area contributed by atoms with Crippen molar-refractivity contribution in [3.05, 3.63) is 30.1 Å². The zero-order chi connectivity index (χ0) is 14.0. The van der Waals surface area contributed by atoms with Crippen LogP contribution in [-0.2, 0) is 13.0 Å². The van der Waals surface area contributed by atoms with E-state index in [2.05, 4.69) is 4.98 Å². The van der Waals surface area contributed by atoms with Gasteiger partial charge in [0.1, 0.15) is 5.82 Å². The molecular formula is C13H12F3N3. The van der Waals surface area contributed by atoms with Gasteiger partial charge in [0.25, 0.3) is 0 Å². The Morgan fingerprint density at radius 1 is 1.37 bits per heavy atom. The van der Waals surface area contributed by atoms with Crippen molar-refractivity contribution in [2.75, 3.05) is 0 Å². The molecule has 0 aliphatic heterocycles. The van der Waals surface area contributed by atoms with E-state index >= 15 is 0 Å². The Morgan fingerprint density at radius 2 is 2.05 bits per heavy atom. The van der Waals surface area contributed by atoms with E-state index in [9.17, 15) is 13.2 Å². The number of benzene rings is 1. The standard InChI is InChI=1S/C13H12F3N3/c1-2-12-18-10-5-3-4-6-11(10)19(12)8-9(7-17)13(14,15)16/h3-6,9H,2,8H2,1H3. The van der Waals surface area contributed by atoms with E-state index in [4.69, 9.17) is 5.26 Å². The van der Waals surface area contributed by atoms with Crippen LogP contribution in [0.25, 0.3) is 11.0 Å². The lowest BCUT2D eigenvalue weighted by Gasteiger charge is -2.15. The van der Waals surface area contributed by atoms with Crippen LogP contribution in [-0.4, -0.2) is 15.7 Å². The van der Waals surface area contributed by atoms with E-state index in [1.807, 2.05) is 6.92 Å². The first-order valence-corrected chi connectivity index (χ1v) is 5.87. The number of fused-ring (bicyclic) bond motifs is 1. The van der Waals surface area contributed by atoms with Gasteiger partial charge in [-0.1, -0.05) is 19.1 Å². The van der Waals surface area contributed by atoms with Crippen LogP contribution in [0.3, 0.4) is 0 Å². The molecule has 1 atom stereocenters. The number of nitrogens with zero attached hydrogens (tertiary/aromatic N) is 3. The lowest BCUT2D eigenvalue weighted by atomic mass is 10.1. The van der Waals surface area contributed by atoms with Crippen LogP contribution in [0.5, 0.6) is 0 Å². The second kappa shape index (κ2) is 4.92. The summed E-state index contributed by atoms with van der Waals surface area (Å²) in [6.45, 7) is 1.41. The summed E-state index contributed by atoms with van der Waals surface area (Å²) in [6, 6.07) is 8.31. The van der Waals surface area contributed by atoms with Crippen LogP contribution >= 0.6 is 0 Å². The molecule has 100 valence electrons. The van der Waals surface area contributed by atoms with Gasteiger partial charge < -0.3 is 4.57 Å². The van der Waals surface area contributed by atoms with Crippen molar-refractivity contribution >= 4 is 11.0 Å². The van der Waals surface area contributed by atoms with E-state index in [0.717, 1.165) is 0 Å². The fourth-order valence-corrected chi connectivity index (χ4v) is 2.00. The van der Waals surface area contributed by atoms with Gasteiger partial charge in [0.15, 0.2) is 5.92 Å². The molecule has 19 heavy (non-hydrogen) atoms. The maximum Gasteiger partial charge on any atom is 0.406 e. The van der Waals surface area contributed by atoms with E-state index in [1.165, 1.54) is 10.6 Å². The first kappa shape index (κ1) is 13.4. The van der Waals surface area contributed by atoms with Gasteiger partial charge in [-0.3, -0.25) is 0 Å². The number of nitriles is 1. The monoisotopic (exact) mass is 267 g/mol. The maximum absolute atomic E-state index is 12.7. The minimum Gasteiger partial charge on any atom is -0.326 e. The molecule has 1 unspecified atom stereocenters. The van der Waals surface area contributed by atoms with Crippen LogP contribution in [0.15, 0.2) is 24.3 Å². The highest BCUT2D eigenvalue weighted by Gasteiger charge is 2.40. The number of rotatable bonds is 3. The third-order valence-electron chi connectivity index (χ3n) is 2.97. The fraction of sp³-hybridized carbons (Fsp3) is 0.385. The zero-order valence-electron chi connectivity index (χ0n) is 10.3. The molecule has 0 saturated heterocycles. The van der Waals surface area contributed by atoms with Gasteiger partial charge in [0.05, 0.1) is 17.1 Å². The summed E-state index contributed by atoms with van der Waals surface area (Å²) in [5.41, 5.74) is 1.28. The summed E-state index contributed by atoms with van der Waals surface area (Å²) in [5, 5.41) is 8.69. The molecule has 3 nitrogen and oxygen atoms in total. The molecule has 2 aromatic rings. The molecule has 0 bridgehead atoms. The summed E-state index contributed by atoms with van der Waals surface area (Å²) < 4.78 is 39.6. The Hall–Kier alpha value is -2.03. The largest absolute Gasteiger partial charge is 0.406 e. The van der Waals surface area contributed by atoms with E-state index in [-0.39, 0.29) is 0 Å². The molecule has 0 saturated carbocycles. The normalized spacial score (nSPS) is 13.4. The van der Waals surface area contributed by atoms with Crippen LogP contribution in [0.2, 0.25) is 0 Å². The van der Waals surface area contributed by atoms with Crippen molar-refractivity contribution in [3.8, 4) is 6.07 Å². The first-order chi connectivity index (χ1) is 8.97. The molecule has 1 heterocycles. The first-order valence-electron chi connectivity index (χ1n) is 5.87. The van der Waals surface area contributed by atoms with Crippen molar-refractivity contribution in [3.63, 3.8) is 0 Å². The predicted molar refractivity (Wildman–Crippen MR) is 64.3 cm³/mol. The van der Waals surface area contributed by atoms with Gasteiger partial charge >= 0.3 is 6.18 Å². The number of hydrogen-bond acceptors (Lipinski definition) is 2. The highest BCUT2D eigenvalue weighted by molar-refractivity contribution is 5.75. The van der Waals surface area contributed by atoms with Crippen LogP contribution < -0.4 is 0 Å². The SMILES string of the molecule is CCc1nc2ccccc2n1CC(C#N)C(F)(F)F. The number of halogens is 3. The third kappa shape index (κ3) is 2.55. The molecule has 0 spiro atoms. The second-order valence-electron chi connectivity index (χ2n) is 4.20. The smallest absolute Gasteiger partial charge is 0.326 e. The Morgan fingerprint density at radius 3 is 2.63 bits per heavy atom. The Kier molecular flexibility index (Phi) is 3.47. The second-order valence-corrected chi connectivity index (χ2v) is 4.20. The lowest BCUT2D eigenvalue weighted by Crippen LogP contribution is -2.26. The van der Waals surface area contributed by atoms with E-state index in [0.29, 0.717) is 23.3 Å². The Labute approximate surface area is 108 Å². The van der Waals surface area contributed by atoms with Crippen molar-refractivity contribution in [1.29, 1.82) is 5.26 Å². The summed E-state index contributed by atoms with van der Waals surface area (Å²) in [4.78, 5) is 4.29. The fourth-order valence-electron chi connectivity index (χ4n) is 2.00. The maximum atomic E-state index is 12.7. The van der Waals surface area contributed by atoms with Gasteiger partial charge in [-0.05, 0) is 12.1 Å². The quantitative estimate of drug-likeness (QED) is 0.856. The highest BCUT2D eigenvalue weighted by Crippen LogP contribution is 2.29. The summed E-state index contributed by atoms with van der Waals surface area (Å²) in [7, 11) is 0. The van der Waals surface area contributed by atoms with Gasteiger partial charge in [0, 0.05) is 13.0 Å². The third-order valence-corrected chi connectivity index (χ3v) is 2.97. The lowest BCUT2D eigenvalue weighted by molar-refractivity contribution is -0.161. The van der Waals surface area contributed by atoms with Gasteiger partial charge in [-0.15, -0.1) is 0 Å². The van der Waals surface area contributed by atoms with Crippen LogP contribution in [0, 0.1) is 17.2 Å². The minimum atomic E-state index is -4.52. The molecule has 2 rings (SSSR count). The average Bonchev–Trinajstić information content (AvgIpc) is 2.72. The molecule has 1 aromatic carbocycles. The highest BCUT2D eigenvalue weighted by atomic mass is 19.4. The molecule has 0 aliphatic rings. The molecular weight excluding hydrogens is 255 g/mol. The Balaban J connectivity index is 2.47. The number of aryl methyl sites for hydroxylation is 1. The molecule has 6 heteroatoms. The molecule has 0 amide bonds. The van der Waals surface area contributed by atoms with E-state index < -0.39 is 18.6 Å². The molecule has 0 aliphatic carbocycles. The number of hydrogen-bond donors (Lipinski definition) is 0. The van der Waals surface area contributed by atoms with Crippen molar-refractivity contribution in [1.82, 2.24) is 9.55 Å². The molecule has 0 fully saturated rings. The summed E-state index contributed by atoms with van der Waals surface area (Å²) >= 11 is 0. The Bertz CT molecular complexity index is 622. The van der Waals surface area contributed by atoms with Crippen LogP contribution in [0.1, 0.15) is 12.7 Å².